The van der Waals surface area contributed by atoms with Crippen LogP contribution in [-0.4, -0.2) is 28.2 Å². The third kappa shape index (κ3) is 3.48. The first-order valence-corrected chi connectivity index (χ1v) is 2.24. The number of rotatable bonds is 3. The van der Waals surface area contributed by atoms with Crippen LogP contribution in [0.15, 0.2) is 0 Å². The number of aliphatic carboxylic acids is 2. The number of hydrogen-bond donors (Lipinski definition) is 3. The van der Waals surface area contributed by atoms with Gasteiger partial charge in [0.15, 0.2) is 0 Å². The Kier molecular flexibility index (Phi) is 2.66. The highest BCUT2D eigenvalue weighted by molar-refractivity contribution is 5.80. The van der Waals surface area contributed by atoms with Gasteiger partial charge < -0.3 is 15.9 Å². The lowest BCUT2D eigenvalue weighted by molar-refractivity contribution is -0.144. The van der Waals surface area contributed by atoms with Crippen molar-refractivity contribution in [3.8, 4) is 0 Å². The zero-order valence-corrected chi connectivity index (χ0v) is 4.57. The van der Waals surface area contributed by atoms with Crippen molar-refractivity contribution < 1.29 is 19.8 Å². The summed E-state index contributed by atoms with van der Waals surface area (Å²) in [5.41, 5.74) is 4.84. The van der Waals surface area contributed by atoms with Crippen LogP contribution in [0.2, 0.25) is 0 Å². The number of hydrogen-bond acceptors (Lipinski definition) is 3. The van der Waals surface area contributed by atoms with Crippen LogP contribution < -0.4 is 5.73 Å². The van der Waals surface area contributed by atoms with Gasteiger partial charge in [-0.2, -0.15) is 0 Å². The largest absolute Gasteiger partial charge is 0.481 e. The van der Waals surface area contributed by atoms with Crippen molar-refractivity contribution >= 4 is 11.9 Å². The zero-order chi connectivity index (χ0) is 7.44. The molecule has 1 atom stereocenters. The molecule has 0 aliphatic rings. The summed E-state index contributed by atoms with van der Waals surface area (Å²) in [7, 11) is 0. The Morgan fingerprint density at radius 3 is 2.00 bits per heavy atom. The Morgan fingerprint density at radius 1 is 1.44 bits per heavy atom. The Hall–Kier alpha value is -1.10. The van der Waals surface area contributed by atoms with E-state index in [9.17, 15) is 9.59 Å². The zero-order valence-electron chi connectivity index (χ0n) is 4.57. The van der Waals surface area contributed by atoms with Crippen molar-refractivity contribution in [2.24, 2.45) is 5.73 Å². The van der Waals surface area contributed by atoms with Gasteiger partial charge in [0.25, 0.3) is 0 Å². The van der Waals surface area contributed by atoms with Crippen LogP contribution in [0.3, 0.4) is 0 Å². The third-order valence-corrected chi connectivity index (χ3v) is 0.712. The summed E-state index contributed by atoms with van der Waals surface area (Å²) < 4.78 is 0. The number of carboxylic acid groups (broad SMARTS) is 2. The van der Waals surface area contributed by atoms with Crippen LogP contribution in [0.4, 0.5) is 0 Å². The van der Waals surface area contributed by atoms with E-state index < -0.39 is 24.4 Å². The quantitative estimate of drug-likeness (QED) is 0.425. The van der Waals surface area contributed by atoms with E-state index in [1.165, 1.54) is 0 Å². The minimum absolute atomic E-state index is 0.532. The van der Waals surface area contributed by atoms with Gasteiger partial charge in [-0.3, -0.25) is 9.59 Å². The SMILES string of the molecule is N[13C@@H](CC(=O)O)[13C](=O)O. The summed E-state index contributed by atoms with van der Waals surface area (Å²) in [6.07, 6.45) is -0.532. The maximum absolute atomic E-state index is 9.85. The minimum atomic E-state index is -1.29. The van der Waals surface area contributed by atoms with Gasteiger partial charge in [-0.15, -0.1) is 0 Å². The lowest BCUT2D eigenvalue weighted by Gasteiger charge is -1.99. The summed E-state index contributed by atoms with van der Waals surface area (Å²) in [5.74, 6) is -2.50. The number of nitrogens with two attached hydrogens (primary N) is 1. The highest BCUT2D eigenvalue weighted by Crippen LogP contribution is 1.86. The summed E-state index contributed by atoms with van der Waals surface area (Å²) in [6, 6.07) is -1.29. The molecule has 0 saturated carbocycles. The van der Waals surface area contributed by atoms with E-state index in [1.54, 1.807) is 0 Å². The van der Waals surface area contributed by atoms with Crippen LogP contribution in [0.5, 0.6) is 0 Å². The maximum Gasteiger partial charge on any atom is 0.321 e. The molecule has 52 valence electrons. The second-order valence-electron chi connectivity index (χ2n) is 1.54. The Bertz CT molecular complexity index is 133. The Labute approximate surface area is 51.1 Å². The molecule has 0 saturated heterocycles. The van der Waals surface area contributed by atoms with E-state index in [-0.39, 0.29) is 0 Å². The fraction of sp³-hybridized carbons (Fsp3) is 0.500. The monoisotopic (exact) mass is 135 g/mol. The average molecular weight is 135 g/mol. The molecule has 0 unspecified atom stereocenters. The van der Waals surface area contributed by atoms with E-state index in [2.05, 4.69) is 0 Å². The van der Waals surface area contributed by atoms with E-state index in [1.807, 2.05) is 0 Å². The highest BCUT2D eigenvalue weighted by Gasteiger charge is 2.14. The summed E-state index contributed by atoms with van der Waals surface area (Å²) in [6.45, 7) is 0. The molecule has 0 aromatic carbocycles. The number of carboxylic acids is 2. The molecule has 5 heteroatoms. The van der Waals surface area contributed by atoms with Crippen molar-refractivity contribution in [3.63, 3.8) is 0 Å². The van der Waals surface area contributed by atoms with Crippen LogP contribution >= 0.6 is 0 Å². The van der Waals surface area contributed by atoms with Crippen LogP contribution in [0.25, 0.3) is 0 Å². The van der Waals surface area contributed by atoms with Crippen LogP contribution in [-0.2, 0) is 9.59 Å². The van der Waals surface area contributed by atoms with Crippen molar-refractivity contribution in [3.05, 3.63) is 0 Å². The van der Waals surface area contributed by atoms with E-state index in [4.69, 9.17) is 15.9 Å². The Morgan fingerprint density at radius 2 is 1.89 bits per heavy atom. The topological polar surface area (TPSA) is 101 Å². The standard InChI is InChI=1S/C4H7NO4/c5-2(4(8)9)1-3(6)7/h2H,1,5H2,(H,6,7)(H,8,9)/t2-/m0/s1/i2+1,4+1. The van der Waals surface area contributed by atoms with Gasteiger partial charge in [0.2, 0.25) is 0 Å². The predicted octanol–water partition coefficient (Wildman–Crippen LogP) is -1.13. The lowest BCUT2D eigenvalue weighted by atomic mass is 10.6. The molecule has 0 bridgehead atoms. The Balaban J connectivity index is 3.63. The van der Waals surface area contributed by atoms with Crippen molar-refractivity contribution in [2.75, 3.05) is 0 Å². The van der Waals surface area contributed by atoms with Gasteiger partial charge in [0, 0.05) is 0 Å². The molecule has 0 rings (SSSR count). The molecule has 0 spiro atoms. The van der Waals surface area contributed by atoms with Crippen LogP contribution in [0, 0.1) is 0 Å². The lowest BCUT2D eigenvalue weighted by Crippen LogP contribution is -2.32. The summed E-state index contributed by atoms with van der Waals surface area (Å²) >= 11 is 0. The smallest absolute Gasteiger partial charge is 0.321 e. The van der Waals surface area contributed by atoms with Crippen molar-refractivity contribution in [1.82, 2.24) is 0 Å². The first kappa shape index (κ1) is 7.90. The highest BCUT2D eigenvalue weighted by atomic mass is 16.5. The minimum Gasteiger partial charge on any atom is -0.481 e. The second-order valence-corrected chi connectivity index (χ2v) is 1.54. The van der Waals surface area contributed by atoms with Crippen molar-refractivity contribution in [2.45, 2.75) is 12.5 Å². The van der Waals surface area contributed by atoms with Gasteiger partial charge in [0.1, 0.15) is 6.04 Å². The second kappa shape index (κ2) is 3.03. The molecule has 0 aromatic heterocycles. The molecule has 0 amide bonds. The maximum atomic E-state index is 9.85. The van der Waals surface area contributed by atoms with E-state index in [0.717, 1.165) is 0 Å². The molecule has 9 heavy (non-hydrogen) atoms. The molecule has 4 N–H and O–H groups in total. The molecular weight excluding hydrogens is 128 g/mol. The molecule has 0 heterocycles. The van der Waals surface area contributed by atoms with Gasteiger partial charge in [0.05, 0.1) is 6.42 Å². The third-order valence-electron chi connectivity index (χ3n) is 0.712. The normalized spacial score (nSPS) is 12.6. The molecular formula is C4H7NO4. The summed E-state index contributed by atoms with van der Waals surface area (Å²) in [4.78, 5) is 19.6. The first-order valence-electron chi connectivity index (χ1n) is 2.24. The van der Waals surface area contributed by atoms with Crippen LogP contribution in [0.1, 0.15) is 6.42 Å². The fourth-order valence-electron chi connectivity index (χ4n) is 0.275. The average Bonchev–Trinajstić information content (AvgIpc) is 1.63. The molecule has 5 nitrogen and oxygen atoms in total. The first-order chi connectivity index (χ1) is 4.04. The van der Waals surface area contributed by atoms with E-state index >= 15 is 0 Å². The van der Waals surface area contributed by atoms with Gasteiger partial charge in [-0.25, -0.2) is 0 Å². The number of carbonyl (C=O) groups is 2. The fourth-order valence-corrected chi connectivity index (χ4v) is 0.275. The van der Waals surface area contributed by atoms with Crippen molar-refractivity contribution in [1.29, 1.82) is 0 Å². The predicted molar refractivity (Wildman–Crippen MR) is 27.9 cm³/mol. The van der Waals surface area contributed by atoms with Gasteiger partial charge in [-0.05, 0) is 0 Å². The molecule has 0 aromatic rings. The van der Waals surface area contributed by atoms with E-state index in [0.29, 0.717) is 0 Å². The summed E-state index contributed by atoms with van der Waals surface area (Å²) in [5, 5.41) is 16.0. The van der Waals surface area contributed by atoms with Gasteiger partial charge in [-0.1, -0.05) is 0 Å². The molecule has 0 aliphatic heterocycles. The van der Waals surface area contributed by atoms with Gasteiger partial charge >= 0.3 is 11.9 Å². The molecule has 0 radical (unpaired) electrons. The molecule has 0 fully saturated rings. The molecule has 0 aliphatic carbocycles.